The van der Waals surface area contributed by atoms with Crippen molar-refractivity contribution in [3.63, 3.8) is 0 Å². The predicted octanol–water partition coefficient (Wildman–Crippen LogP) is 2.82. The molecule has 0 spiro atoms. The van der Waals surface area contributed by atoms with Crippen LogP contribution in [0.4, 0.5) is 4.79 Å². The van der Waals surface area contributed by atoms with Gasteiger partial charge in [-0.3, -0.25) is 9.69 Å². The van der Waals surface area contributed by atoms with Crippen LogP contribution in [-0.4, -0.2) is 42.0 Å². The first-order valence-electron chi connectivity index (χ1n) is 7.92. The van der Waals surface area contributed by atoms with Crippen molar-refractivity contribution >= 4 is 29.2 Å². The van der Waals surface area contributed by atoms with Crippen LogP contribution in [0.25, 0.3) is 11.1 Å². The largest absolute Gasteiger partial charge is 0.448 e. The molecule has 1 saturated heterocycles. The van der Waals surface area contributed by atoms with Gasteiger partial charge in [-0.15, -0.1) is 11.3 Å². The molecule has 0 radical (unpaired) electrons. The van der Waals surface area contributed by atoms with Gasteiger partial charge in [0.05, 0.1) is 0 Å². The zero-order valence-electron chi connectivity index (χ0n) is 13.9. The Morgan fingerprint density at radius 2 is 1.96 bits per heavy atom. The maximum Gasteiger partial charge on any atom is 0.349 e. The minimum Gasteiger partial charge on any atom is -0.448 e. The van der Waals surface area contributed by atoms with Gasteiger partial charge >= 0.3 is 12.0 Å². The lowest BCUT2D eigenvalue weighted by Gasteiger charge is -2.18. The summed E-state index contributed by atoms with van der Waals surface area (Å²) in [7, 11) is 0. The van der Waals surface area contributed by atoms with Crippen LogP contribution in [0.1, 0.15) is 22.2 Å². The highest BCUT2D eigenvalue weighted by molar-refractivity contribution is 7.12. The molecule has 3 amide bonds. The molecule has 3 rings (SSSR count). The Hall–Kier alpha value is -2.67. The van der Waals surface area contributed by atoms with Gasteiger partial charge in [0.15, 0.2) is 6.10 Å². The summed E-state index contributed by atoms with van der Waals surface area (Å²) in [6.45, 7) is 4.17. The van der Waals surface area contributed by atoms with E-state index in [0.29, 0.717) is 11.4 Å². The summed E-state index contributed by atoms with van der Waals surface area (Å²) in [5.41, 5.74) is 2.82. The Bertz CT molecular complexity index is 813. The standard InChI is InChI=1S/C18H18N2O4S/c1-11-3-5-13(6-4-11)14-7-10-25-15(14)17(22)24-12(2)16(21)20-9-8-19-18(20)23/h3-7,10,12H,8-9H2,1-2H3,(H,19,23)/t12-/m0/s1. The molecular formula is C18H18N2O4S. The first-order valence-corrected chi connectivity index (χ1v) is 8.80. The number of benzene rings is 1. The highest BCUT2D eigenvalue weighted by Crippen LogP contribution is 2.29. The molecule has 25 heavy (non-hydrogen) atoms. The van der Waals surface area contributed by atoms with E-state index in [9.17, 15) is 14.4 Å². The number of urea groups is 1. The summed E-state index contributed by atoms with van der Waals surface area (Å²) in [5, 5.41) is 4.36. The van der Waals surface area contributed by atoms with E-state index >= 15 is 0 Å². The Kier molecular flexibility index (Phi) is 4.85. The molecule has 0 aliphatic carbocycles. The van der Waals surface area contributed by atoms with Gasteiger partial charge in [0.1, 0.15) is 4.88 Å². The molecule has 1 fully saturated rings. The van der Waals surface area contributed by atoms with Crippen molar-refractivity contribution < 1.29 is 19.1 Å². The van der Waals surface area contributed by atoms with E-state index in [1.807, 2.05) is 42.6 Å². The molecule has 130 valence electrons. The fourth-order valence-corrected chi connectivity index (χ4v) is 3.39. The molecule has 2 heterocycles. The van der Waals surface area contributed by atoms with Crippen LogP contribution in [0.5, 0.6) is 0 Å². The van der Waals surface area contributed by atoms with Crippen molar-refractivity contribution in [2.75, 3.05) is 13.1 Å². The maximum absolute atomic E-state index is 12.5. The van der Waals surface area contributed by atoms with Crippen LogP contribution in [-0.2, 0) is 9.53 Å². The molecule has 0 saturated carbocycles. The van der Waals surface area contributed by atoms with Crippen LogP contribution in [0.3, 0.4) is 0 Å². The van der Waals surface area contributed by atoms with E-state index in [0.717, 1.165) is 21.6 Å². The summed E-state index contributed by atoms with van der Waals surface area (Å²) in [6, 6.07) is 9.23. The molecule has 1 N–H and O–H groups in total. The van der Waals surface area contributed by atoms with Gasteiger partial charge in [-0.2, -0.15) is 0 Å². The second-order valence-electron chi connectivity index (χ2n) is 5.80. The lowest BCUT2D eigenvalue weighted by molar-refractivity contribution is -0.135. The van der Waals surface area contributed by atoms with Crippen LogP contribution >= 0.6 is 11.3 Å². The predicted molar refractivity (Wildman–Crippen MR) is 94.5 cm³/mol. The monoisotopic (exact) mass is 358 g/mol. The fraction of sp³-hybridized carbons (Fsp3) is 0.278. The topological polar surface area (TPSA) is 75.7 Å². The van der Waals surface area contributed by atoms with Gasteiger partial charge in [-0.25, -0.2) is 9.59 Å². The van der Waals surface area contributed by atoms with Crippen LogP contribution < -0.4 is 5.32 Å². The number of nitrogens with zero attached hydrogens (tertiary/aromatic N) is 1. The Labute approximate surface area is 149 Å². The quantitative estimate of drug-likeness (QED) is 0.853. The number of ether oxygens (including phenoxy) is 1. The van der Waals surface area contributed by atoms with Crippen LogP contribution in [0, 0.1) is 6.92 Å². The number of hydrogen-bond acceptors (Lipinski definition) is 5. The number of carbonyl (C=O) groups is 3. The molecule has 2 aromatic rings. The van der Waals surface area contributed by atoms with Crippen LogP contribution in [0.15, 0.2) is 35.7 Å². The van der Waals surface area contributed by atoms with Gasteiger partial charge in [0.25, 0.3) is 5.91 Å². The van der Waals surface area contributed by atoms with E-state index in [2.05, 4.69) is 5.32 Å². The lowest BCUT2D eigenvalue weighted by Crippen LogP contribution is -2.41. The number of nitrogens with one attached hydrogen (secondary N) is 1. The highest BCUT2D eigenvalue weighted by Gasteiger charge is 2.32. The summed E-state index contributed by atoms with van der Waals surface area (Å²) in [5.74, 6) is -1.08. The minimum absolute atomic E-state index is 0.285. The third-order valence-electron chi connectivity index (χ3n) is 3.97. The summed E-state index contributed by atoms with van der Waals surface area (Å²) < 4.78 is 5.30. The van der Waals surface area contributed by atoms with Gasteiger partial charge in [0.2, 0.25) is 0 Å². The normalized spacial score (nSPS) is 15.0. The third-order valence-corrected chi connectivity index (χ3v) is 4.86. The van der Waals surface area contributed by atoms with Crippen molar-refractivity contribution in [3.8, 4) is 11.1 Å². The van der Waals surface area contributed by atoms with E-state index in [1.165, 1.54) is 18.3 Å². The number of esters is 1. The number of aryl methyl sites for hydroxylation is 1. The first kappa shape index (κ1) is 17.2. The van der Waals surface area contributed by atoms with E-state index in [1.54, 1.807) is 0 Å². The third kappa shape index (κ3) is 3.56. The Morgan fingerprint density at radius 1 is 1.24 bits per heavy atom. The van der Waals surface area contributed by atoms with Crippen molar-refractivity contribution in [2.24, 2.45) is 0 Å². The molecule has 0 bridgehead atoms. The number of hydrogen-bond donors (Lipinski definition) is 1. The highest BCUT2D eigenvalue weighted by atomic mass is 32.1. The second kappa shape index (κ2) is 7.06. The molecule has 1 aromatic carbocycles. The number of imide groups is 1. The summed E-state index contributed by atoms with van der Waals surface area (Å²) in [4.78, 5) is 37.8. The van der Waals surface area contributed by atoms with E-state index in [4.69, 9.17) is 4.74 Å². The number of rotatable bonds is 4. The maximum atomic E-state index is 12.5. The van der Waals surface area contributed by atoms with E-state index < -0.39 is 24.0 Å². The SMILES string of the molecule is Cc1ccc(-c2ccsc2C(=O)O[C@@H](C)C(=O)N2CCNC2=O)cc1. The van der Waals surface area contributed by atoms with Gasteiger partial charge in [-0.1, -0.05) is 29.8 Å². The van der Waals surface area contributed by atoms with E-state index in [-0.39, 0.29) is 6.54 Å². The zero-order chi connectivity index (χ0) is 18.0. The molecule has 1 aliphatic heterocycles. The molecule has 6 nitrogen and oxygen atoms in total. The molecule has 1 aromatic heterocycles. The molecule has 0 unspecified atom stereocenters. The Morgan fingerprint density at radius 3 is 2.60 bits per heavy atom. The van der Waals surface area contributed by atoms with Crippen molar-refractivity contribution in [3.05, 3.63) is 46.2 Å². The number of carbonyl (C=O) groups excluding carboxylic acids is 3. The van der Waals surface area contributed by atoms with Crippen molar-refractivity contribution in [2.45, 2.75) is 20.0 Å². The number of amides is 3. The minimum atomic E-state index is -1.02. The average molecular weight is 358 g/mol. The molecular weight excluding hydrogens is 340 g/mol. The molecule has 1 atom stereocenters. The van der Waals surface area contributed by atoms with Gasteiger partial charge in [-0.05, 0) is 30.9 Å². The van der Waals surface area contributed by atoms with Gasteiger partial charge in [0, 0.05) is 18.7 Å². The molecule has 7 heteroatoms. The van der Waals surface area contributed by atoms with Crippen LogP contribution in [0.2, 0.25) is 0 Å². The molecule has 1 aliphatic rings. The lowest BCUT2D eigenvalue weighted by atomic mass is 10.1. The zero-order valence-corrected chi connectivity index (χ0v) is 14.8. The fourth-order valence-electron chi connectivity index (χ4n) is 2.59. The average Bonchev–Trinajstić information content (AvgIpc) is 3.23. The number of thiophene rings is 1. The summed E-state index contributed by atoms with van der Waals surface area (Å²) >= 11 is 1.26. The smallest absolute Gasteiger partial charge is 0.349 e. The second-order valence-corrected chi connectivity index (χ2v) is 6.71. The van der Waals surface area contributed by atoms with Gasteiger partial charge < -0.3 is 10.1 Å². The van der Waals surface area contributed by atoms with Crippen molar-refractivity contribution in [1.29, 1.82) is 0 Å². The first-order chi connectivity index (χ1) is 12.0. The van der Waals surface area contributed by atoms with Crippen molar-refractivity contribution in [1.82, 2.24) is 10.2 Å². The Balaban J connectivity index is 1.74. The summed E-state index contributed by atoms with van der Waals surface area (Å²) in [6.07, 6.45) is -1.02.